The Hall–Kier alpha value is -1.45. The van der Waals surface area contributed by atoms with Crippen LogP contribution in [0.25, 0.3) is 0 Å². The van der Waals surface area contributed by atoms with Gasteiger partial charge in [-0.3, -0.25) is 4.79 Å². The third kappa shape index (κ3) is 4.90. The zero-order chi connectivity index (χ0) is 10.9. The molecule has 0 aliphatic rings. The fourth-order valence-electron chi connectivity index (χ4n) is 0.427. The lowest BCUT2D eigenvalue weighted by molar-refractivity contribution is 0.431. The van der Waals surface area contributed by atoms with Crippen LogP contribution in [0.1, 0.15) is 27.7 Å². The van der Waals surface area contributed by atoms with E-state index in [1.54, 1.807) is 0 Å². The zero-order valence-corrected chi connectivity index (χ0v) is 8.50. The van der Waals surface area contributed by atoms with Crippen molar-refractivity contribution in [2.45, 2.75) is 27.7 Å². The molecule has 0 radical (unpaired) electrons. The van der Waals surface area contributed by atoms with Gasteiger partial charge in [0.1, 0.15) is 18.2 Å². The Balaban J connectivity index is 0. The standard InChI is InChI=1S/C5H5NO3.2C2H6/c6-3-1-9-2-4(7)5(3)8;2*1-2/h1-2,7H,6H2;2*1-2H3. The Morgan fingerprint density at radius 3 is 2.00 bits per heavy atom. The number of hydrogen-bond acceptors (Lipinski definition) is 4. The quantitative estimate of drug-likeness (QED) is 0.651. The normalized spacial score (nSPS) is 7.38. The molecule has 0 atom stereocenters. The van der Waals surface area contributed by atoms with Crippen LogP contribution in [-0.4, -0.2) is 5.11 Å². The van der Waals surface area contributed by atoms with Crippen molar-refractivity contribution in [3.05, 3.63) is 22.7 Å². The Morgan fingerprint density at radius 1 is 1.23 bits per heavy atom. The summed E-state index contributed by atoms with van der Waals surface area (Å²) in [5, 5.41) is 8.61. The van der Waals surface area contributed by atoms with E-state index in [0.29, 0.717) is 0 Å². The van der Waals surface area contributed by atoms with Gasteiger partial charge in [-0.1, -0.05) is 27.7 Å². The van der Waals surface area contributed by atoms with Gasteiger partial charge in [0.2, 0.25) is 11.2 Å². The number of rotatable bonds is 0. The molecular weight excluding hydrogens is 170 g/mol. The van der Waals surface area contributed by atoms with E-state index in [0.717, 1.165) is 12.5 Å². The molecule has 1 aromatic rings. The van der Waals surface area contributed by atoms with E-state index in [1.165, 1.54) is 0 Å². The highest BCUT2D eigenvalue weighted by Gasteiger charge is 1.98. The van der Waals surface area contributed by atoms with Crippen molar-refractivity contribution in [1.82, 2.24) is 0 Å². The summed E-state index contributed by atoms with van der Waals surface area (Å²) >= 11 is 0. The third-order valence-electron chi connectivity index (χ3n) is 0.870. The summed E-state index contributed by atoms with van der Waals surface area (Å²) in [5.41, 5.74) is 4.37. The summed E-state index contributed by atoms with van der Waals surface area (Å²) < 4.78 is 4.44. The summed E-state index contributed by atoms with van der Waals surface area (Å²) in [4.78, 5) is 10.5. The molecule has 0 aromatic carbocycles. The molecule has 0 aliphatic carbocycles. The fraction of sp³-hybridized carbons (Fsp3) is 0.444. The van der Waals surface area contributed by atoms with Crippen molar-refractivity contribution in [2.75, 3.05) is 5.73 Å². The predicted octanol–water partition coefficient (Wildman–Crippen LogP) is 1.98. The van der Waals surface area contributed by atoms with Crippen LogP contribution in [-0.2, 0) is 0 Å². The van der Waals surface area contributed by atoms with Gasteiger partial charge in [0.05, 0.1) is 0 Å². The molecule has 1 rings (SSSR count). The van der Waals surface area contributed by atoms with Crippen molar-refractivity contribution in [3.8, 4) is 5.75 Å². The monoisotopic (exact) mass is 187 g/mol. The topological polar surface area (TPSA) is 76.5 Å². The minimum absolute atomic E-state index is 0.0880. The number of hydrogen-bond donors (Lipinski definition) is 2. The molecule has 0 saturated carbocycles. The number of aromatic hydroxyl groups is 1. The van der Waals surface area contributed by atoms with Gasteiger partial charge < -0.3 is 15.3 Å². The number of nitrogen functional groups attached to an aromatic ring is 1. The second-order valence-corrected chi connectivity index (χ2v) is 1.54. The van der Waals surface area contributed by atoms with Crippen molar-refractivity contribution >= 4 is 5.69 Å². The highest BCUT2D eigenvalue weighted by Crippen LogP contribution is 2.01. The van der Waals surface area contributed by atoms with Gasteiger partial charge in [-0.15, -0.1) is 0 Å². The van der Waals surface area contributed by atoms with Crippen molar-refractivity contribution in [1.29, 1.82) is 0 Å². The van der Waals surface area contributed by atoms with E-state index < -0.39 is 11.2 Å². The van der Waals surface area contributed by atoms with E-state index in [-0.39, 0.29) is 5.69 Å². The summed E-state index contributed by atoms with van der Waals surface area (Å²) in [7, 11) is 0. The van der Waals surface area contributed by atoms with E-state index in [2.05, 4.69) is 4.42 Å². The average Bonchev–Trinajstić information content (AvgIpc) is 2.20. The van der Waals surface area contributed by atoms with Gasteiger partial charge >= 0.3 is 0 Å². The van der Waals surface area contributed by atoms with Crippen LogP contribution in [0.4, 0.5) is 5.69 Å². The SMILES string of the molecule is CC.CC.Nc1cocc(O)c1=O. The lowest BCUT2D eigenvalue weighted by Crippen LogP contribution is -2.05. The molecule has 0 fully saturated rings. The second-order valence-electron chi connectivity index (χ2n) is 1.54. The fourth-order valence-corrected chi connectivity index (χ4v) is 0.427. The Kier molecular flexibility index (Phi) is 9.37. The molecule has 4 nitrogen and oxygen atoms in total. The van der Waals surface area contributed by atoms with Gasteiger partial charge in [0, 0.05) is 0 Å². The maximum Gasteiger partial charge on any atom is 0.249 e. The van der Waals surface area contributed by atoms with Crippen LogP contribution in [0.5, 0.6) is 5.75 Å². The summed E-state index contributed by atoms with van der Waals surface area (Å²) in [6.07, 6.45) is 2.00. The molecule has 3 N–H and O–H groups in total. The van der Waals surface area contributed by atoms with Crippen LogP contribution >= 0.6 is 0 Å². The summed E-state index contributed by atoms with van der Waals surface area (Å²) in [6, 6.07) is 0. The van der Waals surface area contributed by atoms with E-state index >= 15 is 0 Å². The first-order valence-electron chi connectivity index (χ1n) is 4.27. The molecule has 76 valence electrons. The first-order chi connectivity index (χ1) is 6.22. The van der Waals surface area contributed by atoms with Gasteiger partial charge in [0.15, 0.2) is 0 Å². The van der Waals surface area contributed by atoms with Crippen LogP contribution in [0, 0.1) is 0 Å². The number of nitrogens with two attached hydrogens (primary N) is 1. The van der Waals surface area contributed by atoms with E-state index in [9.17, 15) is 4.79 Å². The molecule has 13 heavy (non-hydrogen) atoms. The van der Waals surface area contributed by atoms with E-state index in [1.807, 2.05) is 27.7 Å². The van der Waals surface area contributed by atoms with Gasteiger partial charge in [0.25, 0.3) is 0 Å². The molecule has 0 aliphatic heterocycles. The van der Waals surface area contributed by atoms with Gasteiger partial charge in [-0.2, -0.15) is 0 Å². The third-order valence-corrected chi connectivity index (χ3v) is 0.870. The molecule has 0 spiro atoms. The van der Waals surface area contributed by atoms with Gasteiger partial charge in [-0.05, 0) is 0 Å². The molecule has 1 heterocycles. The molecule has 0 unspecified atom stereocenters. The highest BCUT2D eigenvalue weighted by atomic mass is 16.3. The van der Waals surface area contributed by atoms with E-state index in [4.69, 9.17) is 10.8 Å². The first kappa shape index (κ1) is 14.1. The Bertz CT molecular complexity index is 245. The summed E-state index contributed by atoms with van der Waals surface area (Å²) in [6.45, 7) is 8.00. The molecule has 0 bridgehead atoms. The van der Waals surface area contributed by atoms with Crippen LogP contribution < -0.4 is 11.2 Å². The maximum atomic E-state index is 10.5. The second kappa shape index (κ2) is 8.64. The summed E-state index contributed by atoms with van der Waals surface area (Å²) in [5.74, 6) is -0.463. The van der Waals surface area contributed by atoms with Crippen molar-refractivity contribution < 1.29 is 9.52 Å². The Labute approximate surface area is 78.0 Å². The van der Waals surface area contributed by atoms with Crippen LogP contribution in [0.15, 0.2) is 21.7 Å². The molecule has 0 saturated heterocycles. The predicted molar refractivity (Wildman–Crippen MR) is 53.8 cm³/mol. The van der Waals surface area contributed by atoms with Crippen LogP contribution in [0.2, 0.25) is 0 Å². The maximum absolute atomic E-state index is 10.5. The molecule has 0 amide bonds. The lowest BCUT2D eigenvalue weighted by atomic mass is 10.4. The number of anilines is 1. The molecular formula is C9H17NO3. The average molecular weight is 187 g/mol. The highest BCUT2D eigenvalue weighted by molar-refractivity contribution is 5.37. The van der Waals surface area contributed by atoms with Crippen molar-refractivity contribution in [3.63, 3.8) is 0 Å². The minimum atomic E-state index is -0.596. The van der Waals surface area contributed by atoms with Crippen molar-refractivity contribution in [2.24, 2.45) is 0 Å². The molecule has 1 aromatic heterocycles. The minimum Gasteiger partial charge on any atom is -0.502 e. The zero-order valence-electron chi connectivity index (χ0n) is 8.50. The lowest BCUT2D eigenvalue weighted by Gasteiger charge is -1.89. The first-order valence-corrected chi connectivity index (χ1v) is 4.27. The van der Waals surface area contributed by atoms with Gasteiger partial charge in [-0.25, -0.2) is 0 Å². The Morgan fingerprint density at radius 2 is 1.69 bits per heavy atom. The van der Waals surface area contributed by atoms with Crippen LogP contribution in [0.3, 0.4) is 0 Å². The smallest absolute Gasteiger partial charge is 0.249 e. The molecule has 4 heteroatoms. The largest absolute Gasteiger partial charge is 0.502 e.